The van der Waals surface area contributed by atoms with Crippen molar-refractivity contribution in [3.63, 3.8) is 0 Å². The van der Waals surface area contributed by atoms with Gasteiger partial charge in [-0.1, -0.05) is 15.9 Å². The highest BCUT2D eigenvalue weighted by Gasteiger charge is 2.47. The van der Waals surface area contributed by atoms with E-state index in [0.717, 1.165) is 4.47 Å². The van der Waals surface area contributed by atoms with Gasteiger partial charge in [0.25, 0.3) is 0 Å². The SMILES string of the molecule is COC(=O)C(C)(C)C1Oc2ccc(Br)cc2C(=O)/C1=C\O. The largest absolute Gasteiger partial charge is 0.515 e. The second kappa shape index (κ2) is 5.52. The smallest absolute Gasteiger partial charge is 0.315 e. The molecular formula is C15H15BrO5. The van der Waals surface area contributed by atoms with Crippen LogP contribution in [0.5, 0.6) is 5.75 Å². The van der Waals surface area contributed by atoms with Gasteiger partial charge in [0, 0.05) is 4.47 Å². The number of hydrogen-bond donors (Lipinski definition) is 1. The molecule has 2 rings (SSSR count). The van der Waals surface area contributed by atoms with Crippen molar-refractivity contribution in [2.24, 2.45) is 5.41 Å². The summed E-state index contributed by atoms with van der Waals surface area (Å²) in [4.78, 5) is 24.4. The van der Waals surface area contributed by atoms with Gasteiger partial charge in [0.1, 0.15) is 17.3 Å². The predicted octanol–water partition coefficient (Wildman–Crippen LogP) is 3.03. The number of Topliss-reactive ketones (excluding diaryl/α,β-unsaturated/α-hetero) is 1. The van der Waals surface area contributed by atoms with Crippen molar-refractivity contribution in [2.75, 3.05) is 7.11 Å². The summed E-state index contributed by atoms with van der Waals surface area (Å²) >= 11 is 3.28. The van der Waals surface area contributed by atoms with Crippen molar-refractivity contribution in [3.8, 4) is 5.75 Å². The molecule has 0 bridgehead atoms. The molecule has 0 radical (unpaired) electrons. The molecule has 0 spiro atoms. The van der Waals surface area contributed by atoms with Gasteiger partial charge in [0.05, 0.1) is 24.5 Å². The van der Waals surface area contributed by atoms with Crippen molar-refractivity contribution in [2.45, 2.75) is 20.0 Å². The van der Waals surface area contributed by atoms with Crippen LogP contribution in [0.25, 0.3) is 0 Å². The highest BCUT2D eigenvalue weighted by Crippen LogP contribution is 2.39. The number of halogens is 1. The van der Waals surface area contributed by atoms with Crippen molar-refractivity contribution in [3.05, 3.63) is 40.1 Å². The quantitative estimate of drug-likeness (QED) is 0.502. The molecule has 0 amide bonds. The summed E-state index contributed by atoms with van der Waals surface area (Å²) < 4.78 is 11.3. The molecule has 0 fully saturated rings. The molecule has 0 saturated carbocycles. The number of methoxy groups -OCH3 is 1. The summed E-state index contributed by atoms with van der Waals surface area (Å²) in [7, 11) is 1.27. The Morgan fingerprint density at radius 3 is 2.71 bits per heavy atom. The zero-order valence-electron chi connectivity index (χ0n) is 11.8. The van der Waals surface area contributed by atoms with E-state index in [2.05, 4.69) is 15.9 Å². The molecule has 1 N–H and O–H groups in total. The molecule has 5 nitrogen and oxygen atoms in total. The summed E-state index contributed by atoms with van der Waals surface area (Å²) in [5.41, 5.74) is -0.762. The van der Waals surface area contributed by atoms with Crippen molar-refractivity contribution < 1.29 is 24.2 Å². The fourth-order valence-corrected chi connectivity index (χ4v) is 2.64. The molecule has 0 aromatic heterocycles. The lowest BCUT2D eigenvalue weighted by atomic mass is 9.79. The number of carbonyl (C=O) groups excluding carboxylic acids is 2. The van der Waals surface area contributed by atoms with E-state index in [0.29, 0.717) is 17.6 Å². The topological polar surface area (TPSA) is 72.8 Å². The number of ether oxygens (including phenoxy) is 2. The van der Waals surface area contributed by atoms with Crippen LogP contribution in [0.1, 0.15) is 24.2 Å². The van der Waals surface area contributed by atoms with Gasteiger partial charge in [-0.25, -0.2) is 0 Å². The average molecular weight is 355 g/mol. The highest BCUT2D eigenvalue weighted by molar-refractivity contribution is 9.10. The van der Waals surface area contributed by atoms with Crippen LogP contribution in [0.4, 0.5) is 0 Å². The van der Waals surface area contributed by atoms with Crippen LogP contribution in [0, 0.1) is 5.41 Å². The minimum atomic E-state index is -1.12. The first-order valence-corrected chi connectivity index (χ1v) is 7.05. The van der Waals surface area contributed by atoms with Gasteiger partial charge in [-0.05, 0) is 32.0 Å². The van der Waals surface area contributed by atoms with E-state index in [1.807, 2.05) is 0 Å². The van der Waals surface area contributed by atoms with E-state index < -0.39 is 17.5 Å². The number of ketones is 1. The molecule has 112 valence electrons. The number of carbonyl (C=O) groups is 2. The second-order valence-corrected chi connectivity index (χ2v) is 6.18. The van der Waals surface area contributed by atoms with Gasteiger partial charge in [-0.2, -0.15) is 0 Å². The molecule has 1 unspecified atom stereocenters. The number of rotatable bonds is 2. The Hall–Kier alpha value is -1.82. The summed E-state index contributed by atoms with van der Waals surface area (Å²) in [5, 5.41) is 9.42. The Labute approximate surface area is 130 Å². The van der Waals surface area contributed by atoms with Crippen LogP contribution in [-0.2, 0) is 9.53 Å². The molecule has 1 aromatic carbocycles. The third kappa shape index (κ3) is 2.55. The van der Waals surface area contributed by atoms with Gasteiger partial charge in [0.2, 0.25) is 0 Å². The Morgan fingerprint density at radius 1 is 1.48 bits per heavy atom. The fourth-order valence-electron chi connectivity index (χ4n) is 2.28. The van der Waals surface area contributed by atoms with E-state index in [1.54, 1.807) is 32.0 Å². The van der Waals surface area contributed by atoms with Crippen molar-refractivity contribution in [1.82, 2.24) is 0 Å². The highest BCUT2D eigenvalue weighted by atomic mass is 79.9. The third-order valence-corrected chi connectivity index (χ3v) is 3.98. The molecule has 1 aliphatic heterocycles. The third-order valence-electron chi connectivity index (χ3n) is 3.48. The number of aliphatic hydroxyl groups is 1. The van der Waals surface area contributed by atoms with Crippen LogP contribution in [0.2, 0.25) is 0 Å². The van der Waals surface area contributed by atoms with Crippen LogP contribution >= 0.6 is 15.9 Å². The minimum Gasteiger partial charge on any atom is -0.515 e. The lowest BCUT2D eigenvalue weighted by Gasteiger charge is -2.36. The average Bonchev–Trinajstić information content (AvgIpc) is 2.46. The molecule has 1 atom stereocenters. The van der Waals surface area contributed by atoms with Crippen LogP contribution in [0.3, 0.4) is 0 Å². The van der Waals surface area contributed by atoms with E-state index in [1.165, 1.54) is 7.11 Å². The number of benzene rings is 1. The Bertz CT molecular complexity index is 633. The van der Waals surface area contributed by atoms with Gasteiger partial charge < -0.3 is 14.6 Å². The standard InChI is InChI=1S/C15H15BrO5/c1-15(2,14(19)20-3)13-10(7-17)12(18)9-6-8(16)4-5-11(9)21-13/h4-7,13,17H,1-3H3/b10-7+. The van der Waals surface area contributed by atoms with E-state index in [9.17, 15) is 14.7 Å². The first-order chi connectivity index (χ1) is 9.82. The number of hydrogen-bond acceptors (Lipinski definition) is 5. The molecule has 6 heteroatoms. The van der Waals surface area contributed by atoms with E-state index in [-0.39, 0.29) is 11.4 Å². The van der Waals surface area contributed by atoms with E-state index in [4.69, 9.17) is 9.47 Å². The Balaban J connectivity index is 2.54. The Kier molecular flexibility index (Phi) is 4.09. The van der Waals surface area contributed by atoms with Gasteiger partial charge >= 0.3 is 5.97 Å². The van der Waals surface area contributed by atoms with Crippen molar-refractivity contribution in [1.29, 1.82) is 0 Å². The maximum atomic E-state index is 12.5. The first kappa shape index (κ1) is 15.6. The second-order valence-electron chi connectivity index (χ2n) is 5.27. The fraction of sp³-hybridized carbons (Fsp3) is 0.333. The monoisotopic (exact) mass is 354 g/mol. The summed E-state index contributed by atoms with van der Waals surface area (Å²) in [6.45, 7) is 3.20. The zero-order valence-corrected chi connectivity index (χ0v) is 13.4. The first-order valence-electron chi connectivity index (χ1n) is 6.26. The molecule has 1 aromatic rings. The zero-order chi connectivity index (χ0) is 15.8. The number of fused-ring (bicyclic) bond motifs is 1. The lowest BCUT2D eigenvalue weighted by Crippen LogP contribution is -2.46. The minimum absolute atomic E-state index is 0.0241. The summed E-state index contributed by atoms with van der Waals surface area (Å²) in [6, 6.07) is 5.00. The van der Waals surface area contributed by atoms with Crippen LogP contribution in [0.15, 0.2) is 34.5 Å². The maximum Gasteiger partial charge on any atom is 0.315 e. The Morgan fingerprint density at radius 2 is 2.14 bits per heavy atom. The number of aliphatic hydroxyl groups excluding tert-OH is 1. The van der Waals surface area contributed by atoms with Crippen LogP contribution < -0.4 is 4.74 Å². The number of esters is 1. The van der Waals surface area contributed by atoms with Gasteiger partial charge in [-0.3, -0.25) is 9.59 Å². The van der Waals surface area contributed by atoms with Crippen molar-refractivity contribution >= 4 is 27.7 Å². The maximum absolute atomic E-state index is 12.5. The van der Waals surface area contributed by atoms with Gasteiger partial charge in [-0.15, -0.1) is 0 Å². The van der Waals surface area contributed by atoms with E-state index >= 15 is 0 Å². The van der Waals surface area contributed by atoms with Gasteiger partial charge in [0.15, 0.2) is 5.78 Å². The van der Waals surface area contributed by atoms with Crippen LogP contribution in [-0.4, -0.2) is 30.1 Å². The molecule has 0 aliphatic carbocycles. The molecule has 1 aliphatic rings. The lowest BCUT2D eigenvalue weighted by molar-refractivity contribution is -0.155. The molecular weight excluding hydrogens is 340 g/mol. The summed E-state index contributed by atoms with van der Waals surface area (Å²) in [6.07, 6.45) is -0.224. The molecule has 1 heterocycles. The normalized spacial score (nSPS) is 19.9. The summed E-state index contributed by atoms with van der Waals surface area (Å²) in [5.74, 6) is -0.530. The predicted molar refractivity (Wildman–Crippen MR) is 79.4 cm³/mol. The molecule has 21 heavy (non-hydrogen) atoms. The molecule has 0 saturated heterocycles.